The molecule has 2 N–H and O–H groups in total. The lowest BCUT2D eigenvalue weighted by atomic mass is 10.1. The zero-order valence-electron chi connectivity index (χ0n) is 19.6. The number of nitrogens with one attached hydrogen (secondary N) is 2. The van der Waals surface area contributed by atoms with Crippen LogP contribution in [-0.2, 0) is 13.0 Å². The van der Waals surface area contributed by atoms with E-state index < -0.39 is 0 Å². The minimum Gasteiger partial charge on any atom is -0.486 e. The van der Waals surface area contributed by atoms with Crippen molar-refractivity contribution in [3.05, 3.63) is 86.7 Å². The number of ether oxygens (including phenoxy) is 1. The van der Waals surface area contributed by atoms with Crippen LogP contribution in [-0.4, -0.2) is 33.7 Å². The van der Waals surface area contributed by atoms with E-state index in [2.05, 4.69) is 26.0 Å². The molecule has 2 amide bonds. The van der Waals surface area contributed by atoms with Gasteiger partial charge in [-0.15, -0.1) is 10.2 Å². The summed E-state index contributed by atoms with van der Waals surface area (Å²) in [4.78, 5) is 25.0. The summed E-state index contributed by atoms with van der Waals surface area (Å²) >= 11 is 1.17. The predicted molar refractivity (Wildman–Crippen MR) is 132 cm³/mol. The van der Waals surface area contributed by atoms with Gasteiger partial charge in [-0.2, -0.15) is 0 Å². The molecular weight excluding hydrogens is 466 g/mol. The van der Waals surface area contributed by atoms with Crippen molar-refractivity contribution >= 4 is 28.8 Å². The molecule has 0 aliphatic carbocycles. The van der Waals surface area contributed by atoms with Gasteiger partial charge in [0.2, 0.25) is 5.01 Å². The first kappa shape index (κ1) is 24.1. The van der Waals surface area contributed by atoms with Crippen molar-refractivity contribution in [1.29, 1.82) is 0 Å². The van der Waals surface area contributed by atoms with Crippen LogP contribution in [0.5, 0.6) is 5.75 Å². The molecule has 0 saturated heterocycles. The van der Waals surface area contributed by atoms with Gasteiger partial charge in [-0.05, 0) is 63.1 Å². The highest BCUT2D eigenvalue weighted by atomic mass is 32.1. The van der Waals surface area contributed by atoms with Gasteiger partial charge in [0.15, 0.2) is 5.01 Å². The van der Waals surface area contributed by atoms with Crippen LogP contribution in [0.2, 0.25) is 0 Å². The number of amides is 2. The maximum Gasteiger partial charge on any atom is 0.286 e. The van der Waals surface area contributed by atoms with Crippen LogP contribution in [0.25, 0.3) is 0 Å². The Kier molecular flexibility index (Phi) is 7.51. The molecule has 0 saturated carbocycles. The second-order valence-corrected chi connectivity index (χ2v) is 8.96. The van der Waals surface area contributed by atoms with E-state index in [0.29, 0.717) is 29.2 Å². The number of nitrogens with zero attached hydrogens (tertiary/aromatic N) is 3. The molecule has 0 unspecified atom stereocenters. The van der Waals surface area contributed by atoms with Crippen molar-refractivity contribution in [3.8, 4) is 5.75 Å². The van der Waals surface area contributed by atoms with E-state index in [0.717, 1.165) is 28.3 Å². The van der Waals surface area contributed by atoms with Gasteiger partial charge in [0, 0.05) is 23.4 Å². The number of aryl methyl sites for hydroxylation is 3. The number of anilines is 1. The highest BCUT2D eigenvalue weighted by molar-refractivity contribution is 7.13. The van der Waals surface area contributed by atoms with Crippen LogP contribution in [0.3, 0.4) is 0 Å². The van der Waals surface area contributed by atoms with Crippen molar-refractivity contribution < 1.29 is 18.8 Å². The van der Waals surface area contributed by atoms with Crippen LogP contribution < -0.4 is 15.4 Å². The summed E-state index contributed by atoms with van der Waals surface area (Å²) < 4.78 is 10.9. The maximum absolute atomic E-state index is 12.5. The average Bonchev–Trinajstić information content (AvgIpc) is 3.46. The third kappa shape index (κ3) is 6.10. The van der Waals surface area contributed by atoms with E-state index in [9.17, 15) is 9.59 Å². The Morgan fingerprint density at radius 2 is 1.77 bits per heavy atom. The van der Waals surface area contributed by atoms with Crippen molar-refractivity contribution in [2.75, 3.05) is 11.9 Å². The number of hydrogen-bond acceptors (Lipinski definition) is 8. The Morgan fingerprint density at radius 1 is 1.00 bits per heavy atom. The van der Waals surface area contributed by atoms with Gasteiger partial charge in [0.1, 0.15) is 18.1 Å². The number of hydrogen-bond donors (Lipinski definition) is 2. The first-order chi connectivity index (χ1) is 16.9. The summed E-state index contributed by atoms with van der Waals surface area (Å²) in [7, 11) is 0. The fourth-order valence-corrected chi connectivity index (χ4v) is 4.06. The Bertz CT molecular complexity index is 1310. The molecule has 2 aromatic heterocycles. The van der Waals surface area contributed by atoms with Crippen molar-refractivity contribution in [3.63, 3.8) is 0 Å². The standard InChI is InChI=1S/C25H25N5O4S/c1-15-6-4-5-7-21(15)33-14-22-28-29-25(35-22)24(32)27-19-10-8-18(9-11-19)23(31)26-13-12-20-16(2)30-34-17(20)3/h4-11H,12-14H2,1-3H3,(H,26,31)(H,27,32). The van der Waals surface area contributed by atoms with E-state index in [1.165, 1.54) is 11.3 Å². The molecule has 2 aromatic carbocycles. The molecular formula is C25H25N5O4S. The summed E-state index contributed by atoms with van der Waals surface area (Å²) in [6.45, 7) is 6.39. The van der Waals surface area contributed by atoms with Gasteiger partial charge < -0.3 is 19.9 Å². The maximum atomic E-state index is 12.5. The zero-order chi connectivity index (χ0) is 24.8. The largest absolute Gasteiger partial charge is 0.486 e. The molecule has 0 atom stereocenters. The molecule has 10 heteroatoms. The molecule has 0 spiro atoms. The van der Waals surface area contributed by atoms with Gasteiger partial charge in [-0.3, -0.25) is 9.59 Å². The molecule has 2 heterocycles. The minimum absolute atomic E-state index is 0.197. The van der Waals surface area contributed by atoms with Gasteiger partial charge >= 0.3 is 0 Å². The summed E-state index contributed by atoms with van der Waals surface area (Å²) in [5, 5.41) is 18.4. The van der Waals surface area contributed by atoms with Crippen molar-refractivity contribution in [1.82, 2.24) is 20.7 Å². The first-order valence-electron chi connectivity index (χ1n) is 11.0. The second kappa shape index (κ2) is 10.9. The smallest absolute Gasteiger partial charge is 0.286 e. The van der Waals surface area contributed by atoms with E-state index in [1.807, 2.05) is 45.0 Å². The molecule has 4 aromatic rings. The topological polar surface area (TPSA) is 119 Å². The monoisotopic (exact) mass is 491 g/mol. The lowest BCUT2D eigenvalue weighted by Gasteiger charge is -2.07. The minimum atomic E-state index is -0.374. The number of rotatable bonds is 9. The number of benzene rings is 2. The SMILES string of the molecule is Cc1ccccc1OCc1nnc(C(=O)Nc2ccc(C(=O)NCCc3c(C)noc3C)cc2)s1. The molecule has 0 fully saturated rings. The highest BCUT2D eigenvalue weighted by Crippen LogP contribution is 2.20. The van der Waals surface area contributed by atoms with E-state index in [4.69, 9.17) is 9.26 Å². The van der Waals surface area contributed by atoms with Crippen molar-refractivity contribution in [2.45, 2.75) is 33.8 Å². The average molecular weight is 492 g/mol. The normalized spacial score (nSPS) is 10.7. The summed E-state index contributed by atoms with van der Waals surface area (Å²) in [5.41, 5.74) is 3.90. The third-order valence-electron chi connectivity index (χ3n) is 5.35. The number of aromatic nitrogens is 3. The van der Waals surface area contributed by atoms with Crippen molar-refractivity contribution in [2.24, 2.45) is 0 Å². The predicted octanol–water partition coefficient (Wildman–Crippen LogP) is 4.26. The number of carbonyl (C=O) groups is 2. The molecule has 0 bridgehead atoms. The van der Waals surface area contributed by atoms with Gasteiger partial charge in [-0.1, -0.05) is 34.7 Å². The number of carbonyl (C=O) groups excluding carboxylic acids is 2. The second-order valence-electron chi connectivity index (χ2n) is 7.90. The summed E-state index contributed by atoms with van der Waals surface area (Å²) in [6, 6.07) is 14.3. The Hall–Kier alpha value is -4.05. The fraction of sp³-hybridized carbons (Fsp3) is 0.240. The van der Waals surface area contributed by atoms with Crippen LogP contribution in [0, 0.1) is 20.8 Å². The summed E-state index contributed by atoms with van der Waals surface area (Å²) in [5.74, 6) is 0.957. The molecule has 180 valence electrons. The Morgan fingerprint density at radius 3 is 2.49 bits per heavy atom. The molecule has 4 rings (SSSR count). The molecule has 0 aliphatic heterocycles. The Balaban J connectivity index is 1.27. The quantitative estimate of drug-likeness (QED) is 0.359. The zero-order valence-corrected chi connectivity index (χ0v) is 20.4. The fourth-order valence-electron chi connectivity index (χ4n) is 3.41. The molecule has 0 radical (unpaired) electrons. The van der Waals surface area contributed by atoms with Crippen LogP contribution >= 0.6 is 11.3 Å². The highest BCUT2D eigenvalue weighted by Gasteiger charge is 2.15. The first-order valence-corrected chi connectivity index (χ1v) is 11.8. The molecule has 9 nitrogen and oxygen atoms in total. The van der Waals surface area contributed by atoms with Gasteiger partial charge in [0.05, 0.1) is 5.69 Å². The third-order valence-corrected chi connectivity index (χ3v) is 6.25. The molecule has 35 heavy (non-hydrogen) atoms. The lowest BCUT2D eigenvalue weighted by molar-refractivity contribution is 0.0953. The Labute approximate surface area is 206 Å². The molecule has 0 aliphatic rings. The van der Waals surface area contributed by atoms with E-state index >= 15 is 0 Å². The summed E-state index contributed by atoms with van der Waals surface area (Å²) in [6.07, 6.45) is 0.640. The van der Waals surface area contributed by atoms with E-state index in [1.54, 1.807) is 24.3 Å². The van der Waals surface area contributed by atoms with Crippen LogP contribution in [0.1, 0.15) is 47.7 Å². The number of para-hydroxylation sites is 1. The van der Waals surface area contributed by atoms with Gasteiger partial charge in [0.25, 0.3) is 11.8 Å². The lowest BCUT2D eigenvalue weighted by Crippen LogP contribution is -2.25. The van der Waals surface area contributed by atoms with E-state index in [-0.39, 0.29) is 23.4 Å². The van der Waals surface area contributed by atoms with Gasteiger partial charge in [-0.25, -0.2) is 0 Å². The van der Waals surface area contributed by atoms with Crippen LogP contribution in [0.4, 0.5) is 5.69 Å². The van der Waals surface area contributed by atoms with Crippen LogP contribution in [0.15, 0.2) is 53.1 Å².